The monoisotopic (exact) mass is 694 g/mol. The largest absolute Gasteiger partial charge is 0.310 e. The van der Waals surface area contributed by atoms with E-state index >= 15 is 0 Å². The molecular formula is C50H34N2S. The van der Waals surface area contributed by atoms with Crippen molar-refractivity contribution in [3.05, 3.63) is 206 Å². The molecule has 0 radical (unpaired) electrons. The summed E-state index contributed by atoms with van der Waals surface area (Å²) in [5.41, 5.74) is 9.18. The van der Waals surface area contributed by atoms with Crippen molar-refractivity contribution in [2.75, 3.05) is 9.80 Å². The summed E-state index contributed by atoms with van der Waals surface area (Å²) >= 11 is 1.86. The molecule has 0 spiro atoms. The van der Waals surface area contributed by atoms with Gasteiger partial charge in [-0.25, -0.2) is 0 Å². The SMILES string of the molecule is c1ccc(-c2cccc3sc4cc(N(c5ccccc5)c5cc(N(c6ccccc6)c6ccccc6)c6c(ccc7ccccc76)c5)ccc4c23)cc1. The zero-order chi connectivity index (χ0) is 35.1. The average molecular weight is 695 g/mol. The lowest BCUT2D eigenvalue weighted by molar-refractivity contribution is 1.27. The van der Waals surface area contributed by atoms with Crippen molar-refractivity contribution < 1.29 is 0 Å². The summed E-state index contributed by atoms with van der Waals surface area (Å²) in [5.74, 6) is 0. The lowest BCUT2D eigenvalue weighted by atomic mass is 9.97. The number of fused-ring (bicyclic) bond motifs is 6. The molecule has 0 aliphatic rings. The minimum atomic E-state index is 1.09. The molecule has 0 bridgehead atoms. The topological polar surface area (TPSA) is 6.48 Å². The molecule has 250 valence electrons. The van der Waals surface area contributed by atoms with E-state index in [1.54, 1.807) is 0 Å². The highest BCUT2D eigenvalue weighted by Crippen LogP contribution is 2.48. The predicted molar refractivity (Wildman–Crippen MR) is 229 cm³/mol. The number of hydrogen-bond acceptors (Lipinski definition) is 3. The van der Waals surface area contributed by atoms with Gasteiger partial charge < -0.3 is 9.80 Å². The molecular weight excluding hydrogens is 661 g/mol. The summed E-state index contributed by atoms with van der Waals surface area (Å²) in [5, 5.41) is 7.46. The summed E-state index contributed by atoms with van der Waals surface area (Å²) in [6, 6.07) is 74.6. The van der Waals surface area contributed by atoms with Gasteiger partial charge in [-0.15, -0.1) is 11.3 Å². The van der Waals surface area contributed by atoms with Crippen molar-refractivity contribution in [2.45, 2.75) is 0 Å². The first-order valence-electron chi connectivity index (χ1n) is 18.0. The van der Waals surface area contributed by atoms with Crippen molar-refractivity contribution in [3.8, 4) is 11.1 Å². The van der Waals surface area contributed by atoms with Crippen molar-refractivity contribution in [2.24, 2.45) is 0 Å². The van der Waals surface area contributed by atoms with Gasteiger partial charge in [0.05, 0.1) is 5.69 Å². The minimum absolute atomic E-state index is 1.09. The molecule has 3 heteroatoms. The highest BCUT2D eigenvalue weighted by atomic mass is 32.1. The van der Waals surface area contributed by atoms with Gasteiger partial charge in [0.2, 0.25) is 0 Å². The Morgan fingerprint density at radius 1 is 0.321 bits per heavy atom. The Morgan fingerprint density at radius 3 is 1.62 bits per heavy atom. The van der Waals surface area contributed by atoms with Crippen LogP contribution < -0.4 is 9.80 Å². The minimum Gasteiger partial charge on any atom is -0.310 e. The molecule has 0 fully saturated rings. The zero-order valence-corrected chi connectivity index (χ0v) is 29.7. The van der Waals surface area contributed by atoms with Crippen LogP contribution in [0.4, 0.5) is 34.1 Å². The Labute approximate surface area is 313 Å². The second kappa shape index (κ2) is 13.1. The molecule has 10 aromatic rings. The van der Waals surface area contributed by atoms with Crippen LogP contribution in [-0.4, -0.2) is 0 Å². The number of benzene rings is 9. The van der Waals surface area contributed by atoms with E-state index in [0.29, 0.717) is 0 Å². The van der Waals surface area contributed by atoms with Crippen molar-refractivity contribution in [3.63, 3.8) is 0 Å². The Kier molecular flexibility index (Phi) is 7.71. The van der Waals surface area contributed by atoms with Gasteiger partial charge in [0.1, 0.15) is 0 Å². The van der Waals surface area contributed by atoms with E-state index in [1.807, 2.05) is 11.3 Å². The molecule has 9 aromatic carbocycles. The number of para-hydroxylation sites is 3. The molecule has 0 N–H and O–H groups in total. The lowest BCUT2D eigenvalue weighted by Crippen LogP contribution is -2.14. The fourth-order valence-electron chi connectivity index (χ4n) is 7.83. The first-order valence-corrected chi connectivity index (χ1v) is 18.8. The quantitative estimate of drug-likeness (QED) is 0.153. The van der Waals surface area contributed by atoms with Crippen LogP contribution in [0.15, 0.2) is 206 Å². The summed E-state index contributed by atoms with van der Waals surface area (Å²) in [4.78, 5) is 4.82. The van der Waals surface area contributed by atoms with Gasteiger partial charge in [0.15, 0.2) is 0 Å². The Morgan fingerprint density at radius 2 is 0.925 bits per heavy atom. The first-order chi connectivity index (χ1) is 26.3. The third kappa shape index (κ3) is 5.50. The maximum atomic E-state index is 2.41. The maximum Gasteiger partial charge on any atom is 0.0567 e. The summed E-state index contributed by atoms with van der Waals surface area (Å²) in [7, 11) is 0. The maximum absolute atomic E-state index is 2.41. The molecule has 0 aliphatic heterocycles. The van der Waals surface area contributed by atoms with E-state index < -0.39 is 0 Å². The molecule has 1 aromatic heterocycles. The molecule has 53 heavy (non-hydrogen) atoms. The van der Waals surface area contributed by atoms with Gasteiger partial charge in [-0.05, 0) is 94.0 Å². The molecule has 1 heterocycles. The van der Waals surface area contributed by atoms with Crippen LogP contribution in [0.1, 0.15) is 0 Å². The van der Waals surface area contributed by atoms with E-state index in [2.05, 4.69) is 216 Å². The predicted octanol–water partition coefficient (Wildman–Crippen LogP) is 15.0. The lowest BCUT2D eigenvalue weighted by Gasteiger charge is -2.31. The van der Waals surface area contributed by atoms with Crippen LogP contribution in [0.3, 0.4) is 0 Å². The summed E-state index contributed by atoms with van der Waals surface area (Å²) in [6.45, 7) is 0. The van der Waals surface area contributed by atoms with Crippen molar-refractivity contribution in [1.29, 1.82) is 0 Å². The van der Waals surface area contributed by atoms with E-state index in [0.717, 1.165) is 34.1 Å². The van der Waals surface area contributed by atoms with Crippen molar-refractivity contribution in [1.82, 2.24) is 0 Å². The molecule has 0 atom stereocenters. The number of anilines is 6. The van der Waals surface area contributed by atoms with E-state index in [4.69, 9.17) is 0 Å². The van der Waals surface area contributed by atoms with Crippen LogP contribution in [0.25, 0.3) is 52.8 Å². The van der Waals surface area contributed by atoms with Gasteiger partial charge in [0, 0.05) is 54.0 Å². The van der Waals surface area contributed by atoms with Gasteiger partial charge >= 0.3 is 0 Å². The van der Waals surface area contributed by atoms with E-state index in [1.165, 1.54) is 52.8 Å². The van der Waals surface area contributed by atoms with E-state index in [9.17, 15) is 0 Å². The molecule has 2 nitrogen and oxygen atoms in total. The number of thiophene rings is 1. The van der Waals surface area contributed by atoms with Crippen LogP contribution in [0.5, 0.6) is 0 Å². The number of nitrogens with zero attached hydrogens (tertiary/aromatic N) is 2. The van der Waals surface area contributed by atoms with Gasteiger partial charge in [-0.1, -0.05) is 140 Å². The second-order valence-electron chi connectivity index (χ2n) is 13.4. The Bertz CT molecular complexity index is 2840. The Balaban J connectivity index is 1.24. The zero-order valence-electron chi connectivity index (χ0n) is 28.9. The first kappa shape index (κ1) is 31.1. The third-order valence-corrected chi connectivity index (χ3v) is 11.3. The average Bonchev–Trinajstić information content (AvgIpc) is 3.61. The Hall–Kier alpha value is -6.68. The van der Waals surface area contributed by atoms with Crippen LogP contribution >= 0.6 is 11.3 Å². The molecule has 0 saturated heterocycles. The standard InChI is InChI=1S/C50H34N2S/c1-5-16-35(17-6-1)44-26-15-27-47-50(44)45-31-30-41(34-48(45)53-47)51(38-19-7-2-8-20-38)42-32-37-29-28-36-18-13-14-25-43(36)49(37)46(33-42)52(39-21-9-3-10-22-39)40-23-11-4-12-24-40/h1-34H. The molecule has 0 saturated carbocycles. The van der Waals surface area contributed by atoms with Crippen molar-refractivity contribution >= 4 is 87.2 Å². The van der Waals surface area contributed by atoms with Crippen LogP contribution in [0, 0.1) is 0 Å². The highest BCUT2D eigenvalue weighted by molar-refractivity contribution is 7.26. The molecule has 0 amide bonds. The van der Waals surface area contributed by atoms with Crippen LogP contribution in [-0.2, 0) is 0 Å². The van der Waals surface area contributed by atoms with Gasteiger partial charge in [0.25, 0.3) is 0 Å². The molecule has 0 aliphatic carbocycles. The second-order valence-corrected chi connectivity index (χ2v) is 14.4. The van der Waals surface area contributed by atoms with Crippen LogP contribution in [0.2, 0.25) is 0 Å². The molecule has 0 unspecified atom stereocenters. The fraction of sp³-hybridized carbons (Fsp3) is 0. The smallest absolute Gasteiger partial charge is 0.0567 e. The molecule has 10 rings (SSSR count). The van der Waals surface area contributed by atoms with E-state index in [-0.39, 0.29) is 0 Å². The summed E-state index contributed by atoms with van der Waals surface area (Å²) in [6.07, 6.45) is 0. The van der Waals surface area contributed by atoms with Gasteiger partial charge in [-0.2, -0.15) is 0 Å². The number of rotatable bonds is 7. The highest BCUT2D eigenvalue weighted by Gasteiger charge is 2.22. The number of hydrogen-bond donors (Lipinski definition) is 0. The third-order valence-electron chi connectivity index (χ3n) is 10.2. The van der Waals surface area contributed by atoms with Gasteiger partial charge in [-0.3, -0.25) is 0 Å². The fourth-order valence-corrected chi connectivity index (χ4v) is 9.00. The normalized spacial score (nSPS) is 11.4. The summed E-state index contributed by atoms with van der Waals surface area (Å²) < 4.78 is 2.56.